The highest BCUT2D eigenvalue weighted by Gasteiger charge is 2.39. The third-order valence-corrected chi connectivity index (χ3v) is 2.18. The molecule has 0 saturated carbocycles. The van der Waals surface area contributed by atoms with E-state index in [1.54, 1.807) is 20.8 Å². The topological polar surface area (TPSA) is 40.5 Å². The van der Waals surface area contributed by atoms with E-state index in [0.717, 1.165) is 0 Å². The summed E-state index contributed by atoms with van der Waals surface area (Å²) < 4.78 is 0. The fourth-order valence-electron chi connectivity index (χ4n) is 2.37. The van der Waals surface area contributed by atoms with Crippen molar-refractivity contribution in [1.82, 2.24) is 0 Å². The van der Waals surface area contributed by atoms with Gasteiger partial charge in [-0.3, -0.25) is 0 Å². The first-order valence-electron chi connectivity index (χ1n) is 4.47. The Hall–Kier alpha value is -0.0800. The quantitative estimate of drug-likeness (QED) is 0.670. The van der Waals surface area contributed by atoms with Crippen LogP contribution in [0.25, 0.3) is 0 Å². The van der Waals surface area contributed by atoms with Gasteiger partial charge in [0.05, 0.1) is 11.7 Å². The fraction of sp³-hybridized carbons (Fsp3) is 1.00. The van der Waals surface area contributed by atoms with E-state index in [4.69, 9.17) is 0 Å². The highest BCUT2D eigenvalue weighted by atomic mass is 16.3. The van der Waals surface area contributed by atoms with Gasteiger partial charge in [0.15, 0.2) is 0 Å². The molecule has 0 saturated heterocycles. The predicted molar refractivity (Wildman–Crippen MR) is 50.9 cm³/mol. The van der Waals surface area contributed by atoms with Crippen molar-refractivity contribution in [3.8, 4) is 0 Å². The van der Waals surface area contributed by atoms with Crippen molar-refractivity contribution in [2.75, 3.05) is 0 Å². The smallest absolute Gasteiger partial charge is 0.0649 e. The Bertz CT molecular complexity index is 123. The van der Waals surface area contributed by atoms with E-state index in [2.05, 4.69) is 0 Å². The molecule has 0 aliphatic carbocycles. The first kappa shape index (κ1) is 11.9. The molecule has 0 radical (unpaired) electrons. The molecular weight excluding hydrogens is 152 g/mol. The van der Waals surface area contributed by atoms with E-state index < -0.39 is 11.7 Å². The second kappa shape index (κ2) is 3.35. The standard InChI is InChI=1S/C10H22O2/c1-7(11)8(9(2,3)4)10(5,6)12/h7-8,11-12H,1-6H3. The molecule has 0 aliphatic heterocycles. The van der Waals surface area contributed by atoms with Gasteiger partial charge in [-0.1, -0.05) is 20.8 Å². The molecule has 0 aromatic rings. The van der Waals surface area contributed by atoms with Crippen molar-refractivity contribution in [3.63, 3.8) is 0 Å². The van der Waals surface area contributed by atoms with Crippen LogP contribution in [0.1, 0.15) is 41.5 Å². The molecule has 0 heterocycles. The molecule has 0 bridgehead atoms. The molecular formula is C10H22O2. The third kappa shape index (κ3) is 3.11. The highest BCUT2D eigenvalue weighted by molar-refractivity contribution is 4.89. The van der Waals surface area contributed by atoms with Crippen molar-refractivity contribution in [3.05, 3.63) is 0 Å². The lowest BCUT2D eigenvalue weighted by Gasteiger charge is -2.41. The third-order valence-electron chi connectivity index (χ3n) is 2.18. The van der Waals surface area contributed by atoms with E-state index in [1.807, 2.05) is 20.8 Å². The van der Waals surface area contributed by atoms with Crippen LogP contribution in [0.3, 0.4) is 0 Å². The first-order valence-corrected chi connectivity index (χ1v) is 4.47. The summed E-state index contributed by atoms with van der Waals surface area (Å²) in [6, 6.07) is 0. The van der Waals surface area contributed by atoms with E-state index in [0.29, 0.717) is 0 Å². The van der Waals surface area contributed by atoms with E-state index >= 15 is 0 Å². The SMILES string of the molecule is CC(O)C(C(C)(C)C)C(C)(C)O. The summed E-state index contributed by atoms with van der Waals surface area (Å²) in [6.07, 6.45) is -0.481. The lowest BCUT2D eigenvalue weighted by atomic mass is 9.69. The maximum absolute atomic E-state index is 9.82. The van der Waals surface area contributed by atoms with Gasteiger partial charge < -0.3 is 10.2 Å². The van der Waals surface area contributed by atoms with Crippen molar-refractivity contribution in [2.24, 2.45) is 11.3 Å². The van der Waals surface area contributed by atoms with Crippen LogP contribution in [-0.4, -0.2) is 21.9 Å². The molecule has 2 unspecified atom stereocenters. The minimum absolute atomic E-state index is 0.0770. The molecule has 2 N–H and O–H groups in total. The van der Waals surface area contributed by atoms with E-state index in [1.165, 1.54) is 0 Å². The van der Waals surface area contributed by atoms with Gasteiger partial charge in [-0.2, -0.15) is 0 Å². The average Bonchev–Trinajstić information content (AvgIpc) is 1.49. The highest BCUT2D eigenvalue weighted by Crippen LogP contribution is 2.36. The zero-order chi connectivity index (χ0) is 10.2. The second-order valence-electron chi connectivity index (χ2n) is 5.24. The van der Waals surface area contributed by atoms with Gasteiger partial charge in [0.2, 0.25) is 0 Å². The molecule has 0 fully saturated rings. The van der Waals surface area contributed by atoms with Crippen LogP contribution in [0.15, 0.2) is 0 Å². The minimum atomic E-state index is -0.827. The number of aliphatic hydroxyl groups is 2. The van der Waals surface area contributed by atoms with Crippen LogP contribution in [0, 0.1) is 11.3 Å². The Kier molecular flexibility index (Phi) is 3.32. The number of hydrogen-bond acceptors (Lipinski definition) is 2. The summed E-state index contributed by atoms with van der Waals surface area (Å²) in [6.45, 7) is 11.3. The summed E-state index contributed by atoms with van der Waals surface area (Å²) >= 11 is 0. The van der Waals surface area contributed by atoms with Gasteiger partial charge in [0.1, 0.15) is 0 Å². The Labute approximate surface area is 75.6 Å². The van der Waals surface area contributed by atoms with Crippen molar-refractivity contribution in [2.45, 2.75) is 53.2 Å². The zero-order valence-electron chi connectivity index (χ0n) is 9.05. The minimum Gasteiger partial charge on any atom is -0.393 e. The monoisotopic (exact) mass is 174 g/mol. The molecule has 0 aliphatic rings. The van der Waals surface area contributed by atoms with Crippen molar-refractivity contribution >= 4 is 0 Å². The zero-order valence-corrected chi connectivity index (χ0v) is 9.05. The predicted octanol–water partition coefficient (Wildman–Crippen LogP) is 1.80. The molecule has 74 valence electrons. The molecule has 0 aromatic carbocycles. The Morgan fingerprint density at radius 2 is 1.33 bits per heavy atom. The Morgan fingerprint density at radius 3 is 1.33 bits per heavy atom. The van der Waals surface area contributed by atoms with Gasteiger partial charge in [-0.05, 0) is 26.2 Å². The van der Waals surface area contributed by atoms with Crippen LogP contribution in [-0.2, 0) is 0 Å². The average molecular weight is 174 g/mol. The van der Waals surface area contributed by atoms with Gasteiger partial charge in [-0.15, -0.1) is 0 Å². The summed E-state index contributed by atoms with van der Waals surface area (Å²) in [5.74, 6) is -0.106. The van der Waals surface area contributed by atoms with E-state index in [9.17, 15) is 10.2 Å². The molecule has 12 heavy (non-hydrogen) atoms. The second-order valence-corrected chi connectivity index (χ2v) is 5.24. The van der Waals surface area contributed by atoms with Crippen molar-refractivity contribution in [1.29, 1.82) is 0 Å². The van der Waals surface area contributed by atoms with Gasteiger partial charge in [0.25, 0.3) is 0 Å². The molecule has 2 nitrogen and oxygen atoms in total. The molecule has 2 atom stereocenters. The summed E-state index contributed by atoms with van der Waals surface area (Å²) in [7, 11) is 0. The summed E-state index contributed by atoms with van der Waals surface area (Å²) in [5.41, 5.74) is -0.904. The largest absolute Gasteiger partial charge is 0.393 e. The van der Waals surface area contributed by atoms with Crippen LogP contribution >= 0.6 is 0 Å². The first-order chi connectivity index (χ1) is 5.07. The molecule has 0 rings (SSSR count). The number of hydrogen-bond donors (Lipinski definition) is 2. The van der Waals surface area contributed by atoms with Gasteiger partial charge >= 0.3 is 0 Å². The normalized spacial score (nSPS) is 19.0. The van der Waals surface area contributed by atoms with Crippen molar-refractivity contribution < 1.29 is 10.2 Å². The Morgan fingerprint density at radius 1 is 1.00 bits per heavy atom. The van der Waals surface area contributed by atoms with Crippen LogP contribution in [0.4, 0.5) is 0 Å². The van der Waals surface area contributed by atoms with Crippen LogP contribution in [0.2, 0.25) is 0 Å². The van der Waals surface area contributed by atoms with Crippen LogP contribution in [0.5, 0.6) is 0 Å². The number of aliphatic hydroxyl groups excluding tert-OH is 1. The fourth-order valence-corrected chi connectivity index (χ4v) is 2.37. The number of rotatable bonds is 2. The Balaban J connectivity index is 4.70. The summed E-state index contributed by atoms with van der Waals surface area (Å²) in [4.78, 5) is 0. The van der Waals surface area contributed by atoms with E-state index in [-0.39, 0.29) is 11.3 Å². The molecule has 0 aromatic heterocycles. The summed E-state index contributed by atoms with van der Waals surface area (Å²) in [5, 5.41) is 19.3. The lowest BCUT2D eigenvalue weighted by molar-refractivity contribution is -0.0882. The molecule has 2 heteroatoms. The molecule has 0 spiro atoms. The lowest BCUT2D eigenvalue weighted by Crippen LogP contribution is -2.46. The van der Waals surface area contributed by atoms with Gasteiger partial charge in [0, 0.05) is 5.92 Å². The van der Waals surface area contributed by atoms with Gasteiger partial charge in [-0.25, -0.2) is 0 Å². The maximum Gasteiger partial charge on any atom is 0.0649 e. The molecule has 0 amide bonds. The van der Waals surface area contributed by atoms with Crippen LogP contribution < -0.4 is 0 Å². The maximum atomic E-state index is 9.82.